The number of ether oxygens (including phenoxy) is 1. The van der Waals surface area contributed by atoms with Crippen LogP contribution < -0.4 is 5.32 Å². The largest absolute Gasteiger partial charge is 0.374 e. The summed E-state index contributed by atoms with van der Waals surface area (Å²) in [5, 5.41) is 3.00. The molecule has 0 radical (unpaired) electrons. The fraction of sp³-hybridized carbons (Fsp3) is 0.579. The molecular weight excluding hydrogens is 316 g/mol. The maximum atomic E-state index is 12.5. The molecule has 136 valence electrons. The number of amides is 1. The van der Waals surface area contributed by atoms with Crippen LogP contribution in [0.4, 0.5) is 0 Å². The van der Waals surface area contributed by atoms with Gasteiger partial charge in [-0.1, -0.05) is 13.8 Å². The number of carbonyl (C=O) groups is 1. The third-order valence-corrected chi connectivity index (χ3v) is 4.70. The van der Waals surface area contributed by atoms with Gasteiger partial charge in [-0.05, 0) is 31.0 Å². The van der Waals surface area contributed by atoms with Crippen molar-refractivity contribution in [2.45, 2.75) is 26.9 Å². The first-order valence-electron chi connectivity index (χ1n) is 8.99. The number of fused-ring (bicyclic) bond motifs is 1. The van der Waals surface area contributed by atoms with Gasteiger partial charge in [0.05, 0.1) is 23.7 Å². The van der Waals surface area contributed by atoms with E-state index in [2.05, 4.69) is 29.0 Å². The Bertz CT molecular complexity index is 753. The molecule has 3 rings (SSSR count). The summed E-state index contributed by atoms with van der Waals surface area (Å²) in [4.78, 5) is 19.4. The molecule has 0 unspecified atom stereocenters. The molecule has 6 nitrogen and oxygen atoms in total. The van der Waals surface area contributed by atoms with Crippen LogP contribution in [0.2, 0.25) is 0 Å². The topological polar surface area (TPSA) is 59.4 Å². The summed E-state index contributed by atoms with van der Waals surface area (Å²) in [6.45, 7) is 10.6. The molecule has 1 fully saturated rings. The van der Waals surface area contributed by atoms with Crippen LogP contribution in [0.3, 0.4) is 0 Å². The highest BCUT2D eigenvalue weighted by molar-refractivity contribution is 5.97. The van der Waals surface area contributed by atoms with Crippen molar-refractivity contribution < 1.29 is 9.53 Å². The van der Waals surface area contributed by atoms with Crippen molar-refractivity contribution in [3.8, 4) is 0 Å². The minimum Gasteiger partial charge on any atom is -0.374 e. The summed E-state index contributed by atoms with van der Waals surface area (Å²) >= 11 is 0. The summed E-state index contributed by atoms with van der Waals surface area (Å²) in [5.74, 6) is 1.50. The molecule has 1 amide bonds. The highest BCUT2D eigenvalue weighted by Gasteiger charge is 2.21. The number of imidazole rings is 1. The van der Waals surface area contributed by atoms with Gasteiger partial charge in [-0.3, -0.25) is 9.69 Å². The molecule has 1 saturated heterocycles. The zero-order chi connectivity index (χ0) is 18.0. The maximum Gasteiger partial charge on any atom is 0.251 e. The van der Waals surface area contributed by atoms with E-state index in [4.69, 9.17) is 4.74 Å². The average Bonchev–Trinajstić information content (AvgIpc) is 2.86. The Morgan fingerprint density at radius 3 is 3.00 bits per heavy atom. The molecule has 1 atom stereocenters. The lowest BCUT2D eigenvalue weighted by molar-refractivity contribution is -0.0295. The number of nitrogens with zero attached hydrogens (tertiary/aromatic N) is 3. The Balaban J connectivity index is 1.59. The third-order valence-electron chi connectivity index (χ3n) is 4.70. The normalized spacial score (nSPS) is 18.8. The second-order valence-electron chi connectivity index (χ2n) is 7.28. The smallest absolute Gasteiger partial charge is 0.251 e. The fourth-order valence-electron chi connectivity index (χ4n) is 3.36. The van der Waals surface area contributed by atoms with Crippen LogP contribution in [-0.4, -0.2) is 59.2 Å². The van der Waals surface area contributed by atoms with Gasteiger partial charge in [0.2, 0.25) is 0 Å². The minimum absolute atomic E-state index is 0.0530. The second kappa shape index (κ2) is 7.54. The number of carbonyl (C=O) groups excluding carboxylic acids is 1. The number of aromatic nitrogens is 2. The summed E-state index contributed by atoms with van der Waals surface area (Å²) in [5.41, 5.74) is 2.53. The zero-order valence-corrected chi connectivity index (χ0v) is 15.6. The number of benzene rings is 1. The lowest BCUT2D eigenvalue weighted by Crippen LogP contribution is -2.48. The lowest BCUT2D eigenvalue weighted by atomic mass is 10.1. The summed E-state index contributed by atoms with van der Waals surface area (Å²) in [6.07, 6.45) is 0.0530. The van der Waals surface area contributed by atoms with Crippen molar-refractivity contribution >= 4 is 16.9 Å². The number of morpholine rings is 1. The Kier molecular flexibility index (Phi) is 5.39. The van der Waals surface area contributed by atoms with E-state index in [1.165, 1.54) is 0 Å². The molecule has 1 aromatic heterocycles. The van der Waals surface area contributed by atoms with E-state index in [0.29, 0.717) is 18.0 Å². The van der Waals surface area contributed by atoms with Gasteiger partial charge in [0.1, 0.15) is 5.82 Å². The van der Waals surface area contributed by atoms with Gasteiger partial charge in [0.25, 0.3) is 5.91 Å². The van der Waals surface area contributed by atoms with Crippen molar-refractivity contribution in [3.05, 3.63) is 29.6 Å². The van der Waals surface area contributed by atoms with Gasteiger partial charge in [0, 0.05) is 38.8 Å². The predicted molar refractivity (Wildman–Crippen MR) is 98.8 cm³/mol. The first-order valence-corrected chi connectivity index (χ1v) is 8.99. The maximum absolute atomic E-state index is 12.5. The molecule has 1 N–H and O–H groups in total. The zero-order valence-electron chi connectivity index (χ0n) is 15.6. The van der Waals surface area contributed by atoms with Crippen molar-refractivity contribution in [3.63, 3.8) is 0 Å². The molecule has 25 heavy (non-hydrogen) atoms. The van der Waals surface area contributed by atoms with Gasteiger partial charge in [0.15, 0.2) is 0 Å². The van der Waals surface area contributed by atoms with Crippen molar-refractivity contribution in [1.82, 2.24) is 19.8 Å². The molecule has 0 saturated carbocycles. The monoisotopic (exact) mass is 344 g/mol. The summed E-state index contributed by atoms with van der Waals surface area (Å²) in [7, 11) is 1.98. The van der Waals surface area contributed by atoms with Crippen LogP contribution in [0.15, 0.2) is 18.2 Å². The Morgan fingerprint density at radius 2 is 2.24 bits per heavy atom. The van der Waals surface area contributed by atoms with E-state index in [1.54, 1.807) is 0 Å². The Morgan fingerprint density at radius 1 is 1.44 bits per heavy atom. The molecular formula is C19H28N4O2. The summed E-state index contributed by atoms with van der Waals surface area (Å²) in [6, 6.07) is 5.65. The van der Waals surface area contributed by atoms with Crippen molar-refractivity contribution in [2.24, 2.45) is 13.0 Å². The highest BCUT2D eigenvalue weighted by Crippen LogP contribution is 2.16. The number of hydrogen-bond donors (Lipinski definition) is 1. The van der Waals surface area contributed by atoms with E-state index >= 15 is 0 Å². The van der Waals surface area contributed by atoms with Gasteiger partial charge in [-0.15, -0.1) is 0 Å². The number of nitrogens with one attached hydrogen (secondary N) is 1. The molecule has 0 spiro atoms. The fourth-order valence-corrected chi connectivity index (χ4v) is 3.36. The number of rotatable bonds is 5. The third kappa shape index (κ3) is 4.19. The van der Waals surface area contributed by atoms with Crippen LogP contribution in [0.25, 0.3) is 11.0 Å². The van der Waals surface area contributed by atoms with Gasteiger partial charge in [-0.25, -0.2) is 4.98 Å². The Labute approximate surface area is 149 Å². The predicted octanol–water partition coefficient (Wildman–Crippen LogP) is 1.97. The van der Waals surface area contributed by atoms with E-state index in [9.17, 15) is 4.79 Å². The molecule has 1 aromatic carbocycles. The lowest BCUT2D eigenvalue weighted by Gasteiger charge is -2.33. The molecule has 1 aliphatic rings. The number of hydrogen-bond acceptors (Lipinski definition) is 4. The number of aryl methyl sites for hydroxylation is 2. The minimum atomic E-state index is -0.0743. The molecule has 1 aliphatic heterocycles. The molecule has 2 heterocycles. The van der Waals surface area contributed by atoms with E-state index < -0.39 is 0 Å². The van der Waals surface area contributed by atoms with Crippen LogP contribution in [0.5, 0.6) is 0 Å². The molecule has 2 aromatic rings. The molecule has 0 aliphatic carbocycles. The van der Waals surface area contributed by atoms with Gasteiger partial charge in [-0.2, -0.15) is 0 Å². The van der Waals surface area contributed by atoms with Crippen LogP contribution in [0, 0.1) is 12.8 Å². The first-order chi connectivity index (χ1) is 11.9. The van der Waals surface area contributed by atoms with Crippen LogP contribution >= 0.6 is 0 Å². The SMILES string of the molecule is Cc1nc2cc(C(=O)NC[C@H]3CN(CC(C)C)CCO3)ccc2n1C. The Hall–Kier alpha value is -1.92. The first kappa shape index (κ1) is 17.9. The van der Waals surface area contributed by atoms with E-state index in [0.717, 1.165) is 43.1 Å². The quantitative estimate of drug-likeness (QED) is 0.901. The van der Waals surface area contributed by atoms with Crippen molar-refractivity contribution in [1.29, 1.82) is 0 Å². The van der Waals surface area contributed by atoms with Crippen LogP contribution in [-0.2, 0) is 11.8 Å². The summed E-state index contributed by atoms with van der Waals surface area (Å²) < 4.78 is 7.82. The van der Waals surface area contributed by atoms with Gasteiger partial charge < -0.3 is 14.6 Å². The van der Waals surface area contributed by atoms with E-state index in [-0.39, 0.29) is 12.0 Å². The van der Waals surface area contributed by atoms with Gasteiger partial charge >= 0.3 is 0 Å². The second-order valence-corrected chi connectivity index (χ2v) is 7.28. The highest BCUT2D eigenvalue weighted by atomic mass is 16.5. The molecule has 6 heteroatoms. The van der Waals surface area contributed by atoms with E-state index in [1.807, 2.05) is 36.7 Å². The van der Waals surface area contributed by atoms with Crippen molar-refractivity contribution in [2.75, 3.05) is 32.8 Å². The average molecular weight is 344 g/mol. The van der Waals surface area contributed by atoms with Crippen LogP contribution in [0.1, 0.15) is 30.0 Å². The molecule has 0 bridgehead atoms. The standard InChI is InChI=1S/C19H28N4O2/c1-13(2)11-23-7-8-25-16(12-23)10-20-19(24)15-5-6-18-17(9-15)21-14(3)22(18)4/h5-6,9,13,16H,7-8,10-12H2,1-4H3,(H,20,24)/t16-/m0/s1.